The fourth-order valence-electron chi connectivity index (χ4n) is 0.482. The van der Waals surface area contributed by atoms with Crippen molar-refractivity contribution in [2.75, 3.05) is 6.61 Å². The van der Waals surface area contributed by atoms with Crippen LogP contribution in [0.4, 0.5) is 4.79 Å². The van der Waals surface area contributed by atoms with Crippen molar-refractivity contribution in [3.8, 4) is 0 Å². The molecule has 0 aromatic heterocycles. The minimum Gasteiger partial charge on any atom is -0.463 e. The van der Waals surface area contributed by atoms with Gasteiger partial charge in [0.05, 0.1) is 6.61 Å². The van der Waals surface area contributed by atoms with E-state index in [1.807, 2.05) is 0 Å². The molecule has 1 amide bonds. The first kappa shape index (κ1) is 9.74. The van der Waals surface area contributed by atoms with Crippen molar-refractivity contribution in [3.63, 3.8) is 0 Å². The van der Waals surface area contributed by atoms with E-state index < -0.39 is 18.2 Å². The summed E-state index contributed by atoms with van der Waals surface area (Å²) in [6, 6.07) is 0. The van der Waals surface area contributed by atoms with Gasteiger partial charge < -0.3 is 15.2 Å². The number of ether oxygens (including phenoxy) is 2. The van der Waals surface area contributed by atoms with Gasteiger partial charge >= 0.3 is 12.1 Å². The second kappa shape index (κ2) is 4.54. The zero-order chi connectivity index (χ0) is 8.85. The summed E-state index contributed by atoms with van der Waals surface area (Å²) in [5.41, 5.74) is 4.66. The van der Waals surface area contributed by atoms with Crippen LogP contribution < -0.4 is 5.73 Å². The molecule has 2 N–H and O–H groups in total. The molecule has 11 heavy (non-hydrogen) atoms. The Labute approximate surface area is 64.5 Å². The minimum absolute atomic E-state index is 0.255. The van der Waals surface area contributed by atoms with Crippen LogP contribution in [0.2, 0.25) is 0 Å². The van der Waals surface area contributed by atoms with Crippen LogP contribution in [0.1, 0.15) is 13.8 Å². The first-order chi connectivity index (χ1) is 5.07. The van der Waals surface area contributed by atoms with E-state index in [0.717, 1.165) is 0 Å². The van der Waals surface area contributed by atoms with Gasteiger partial charge in [0.25, 0.3) is 0 Å². The van der Waals surface area contributed by atoms with Crippen LogP contribution in [0, 0.1) is 0 Å². The van der Waals surface area contributed by atoms with Crippen molar-refractivity contribution in [2.24, 2.45) is 5.73 Å². The summed E-state index contributed by atoms with van der Waals surface area (Å²) in [5, 5.41) is 0. The second-order valence-corrected chi connectivity index (χ2v) is 1.83. The molecule has 0 radical (unpaired) electrons. The van der Waals surface area contributed by atoms with Crippen LogP contribution >= 0.6 is 0 Å². The Morgan fingerprint density at radius 2 is 2.09 bits per heavy atom. The molecule has 5 heteroatoms. The number of hydrogen-bond acceptors (Lipinski definition) is 4. The van der Waals surface area contributed by atoms with E-state index in [2.05, 4.69) is 15.2 Å². The quantitative estimate of drug-likeness (QED) is 0.592. The van der Waals surface area contributed by atoms with E-state index in [1.165, 1.54) is 6.92 Å². The lowest BCUT2D eigenvalue weighted by atomic mass is 10.4. The molecule has 0 aromatic rings. The van der Waals surface area contributed by atoms with Gasteiger partial charge in [-0.2, -0.15) is 0 Å². The highest BCUT2D eigenvalue weighted by atomic mass is 16.6. The smallest absolute Gasteiger partial charge is 0.405 e. The zero-order valence-electron chi connectivity index (χ0n) is 6.49. The standard InChI is InChI=1S/C6H11NO4/c1-3-10-5(8)4(2)11-6(7)9/h4H,3H2,1-2H3,(H2,7,9). The summed E-state index contributed by atoms with van der Waals surface area (Å²) in [5.74, 6) is -0.591. The molecule has 0 saturated carbocycles. The molecule has 0 fully saturated rings. The van der Waals surface area contributed by atoms with Crippen molar-refractivity contribution in [1.82, 2.24) is 0 Å². The minimum atomic E-state index is -0.981. The third kappa shape index (κ3) is 4.19. The monoisotopic (exact) mass is 161 g/mol. The Balaban J connectivity index is 3.73. The van der Waals surface area contributed by atoms with Gasteiger partial charge in [0.2, 0.25) is 0 Å². The Bertz CT molecular complexity index is 157. The SMILES string of the molecule is CCOC(=O)C(C)OC(N)=O. The van der Waals surface area contributed by atoms with Crippen LogP contribution in [0.5, 0.6) is 0 Å². The molecule has 0 aliphatic carbocycles. The highest BCUT2D eigenvalue weighted by Crippen LogP contribution is 1.93. The van der Waals surface area contributed by atoms with Crippen molar-refractivity contribution in [3.05, 3.63) is 0 Å². The van der Waals surface area contributed by atoms with E-state index in [-0.39, 0.29) is 6.61 Å². The molecule has 0 aromatic carbocycles. The number of nitrogens with two attached hydrogens (primary N) is 1. The molecule has 5 nitrogen and oxygen atoms in total. The maximum absolute atomic E-state index is 10.7. The summed E-state index contributed by atoms with van der Waals surface area (Å²) in [6.07, 6.45) is -1.90. The Morgan fingerprint density at radius 3 is 2.45 bits per heavy atom. The van der Waals surface area contributed by atoms with Gasteiger partial charge in [-0.05, 0) is 13.8 Å². The summed E-state index contributed by atoms with van der Waals surface area (Å²) in [4.78, 5) is 20.8. The molecule has 0 aliphatic heterocycles. The van der Waals surface area contributed by atoms with Crippen LogP contribution in [-0.4, -0.2) is 24.8 Å². The van der Waals surface area contributed by atoms with Crippen LogP contribution in [0.3, 0.4) is 0 Å². The van der Waals surface area contributed by atoms with Gasteiger partial charge in [0.1, 0.15) is 0 Å². The third-order valence-corrected chi connectivity index (χ3v) is 0.911. The summed E-state index contributed by atoms with van der Waals surface area (Å²) < 4.78 is 8.86. The topological polar surface area (TPSA) is 78.6 Å². The van der Waals surface area contributed by atoms with E-state index in [0.29, 0.717) is 0 Å². The number of amides is 1. The highest BCUT2D eigenvalue weighted by Gasteiger charge is 2.16. The normalized spacial score (nSPS) is 11.8. The number of esters is 1. The molecule has 1 unspecified atom stereocenters. The molecule has 0 rings (SSSR count). The summed E-state index contributed by atoms with van der Waals surface area (Å²) in [6.45, 7) is 3.31. The Morgan fingerprint density at radius 1 is 1.55 bits per heavy atom. The number of carbonyl (C=O) groups excluding carboxylic acids is 2. The lowest BCUT2D eigenvalue weighted by Gasteiger charge is -2.08. The lowest BCUT2D eigenvalue weighted by molar-refractivity contribution is -0.151. The van der Waals surface area contributed by atoms with Crippen LogP contribution in [0.15, 0.2) is 0 Å². The van der Waals surface area contributed by atoms with Gasteiger partial charge in [0, 0.05) is 0 Å². The molecule has 0 heterocycles. The van der Waals surface area contributed by atoms with Crippen LogP contribution in [-0.2, 0) is 14.3 Å². The average molecular weight is 161 g/mol. The highest BCUT2D eigenvalue weighted by molar-refractivity contribution is 5.77. The first-order valence-electron chi connectivity index (χ1n) is 3.20. The van der Waals surface area contributed by atoms with E-state index >= 15 is 0 Å². The first-order valence-corrected chi connectivity index (χ1v) is 3.20. The lowest BCUT2D eigenvalue weighted by Crippen LogP contribution is -2.28. The van der Waals surface area contributed by atoms with E-state index in [4.69, 9.17) is 0 Å². The fourth-order valence-corrected chi connectivity index (χ4v) is 0.482. The third-order valence-electron chi connectivity index (χ3n) is 0.911. The number of hydrogen-bond donors (Lipinski definition) is 1. The molecular weight excluding hydrogens is 150 g/mol. The number of primary amides is 1. The molecule has 0 saturated heterocycles. The number of carbonyl (C=O) groups is 2. The van der Waals surface area contributed by atoms with Gasteiger partial charge in [0.15, 0.2) is 6.10 Å². The predicted octanol–water partition coefficient (Wildman–Crippen LogP) is 0.0333. The van der Waals surface area contributed by atoms with Crippen molar-refractivity contribution in [1.29, 1.82) is 0 Å². The van der Waals surface area contributed by atoms with Crippen LogP contribution in [0.25, 0.3) is 0 Å². The summed E-state index contributed by atoms with van der Waals surface area (Å²) >= 11 is 0. The Hall–Kier alpha value is -1.26. The van der Waals surface area contributed by atoms with Crippen molar-refractivity contribution >= 4 is 12.1 Å². The molecular formula is C6H11NO4. The maximum atomic E-state index is 10.7. The molecule has 1 atom stereocenters. The number of rotatable bonds is 3. The molecule has 0 bridgehead atoms. The fraction of sp³-hybridized carbons (Fsp3) is 0.667. The van der Waals surface area contributed by atoms with E-state index in [9.17, 15) is 9.59 Å². The van der Waals surface area contributed by atoms with Gasteiger partial charge in [-0.1, -0.05) is 0 Å². The predicted molar refractivity (Wildman–Crippen MR) is 36.8 cm³/mol. The maximum Gasteiger partial charge on any atom is 0.405 e. The molecule has 0 spiro atoms. The van der Waals surface area contributed by atoms with Gasteiger partial charge in [-0.3, -0.25) is 0 Å². The molecule has 0 aliphatic rings. The van der Waals surface area contributed by atoms with E-state index in [1.54, 1.807) is 6.92 Å². The largest absolute Gasteiger partial charge is 0.463 e. The van der Waals surface area contributed by atoms with Crippen molar-refractivity contribution in [2.45, 2.75) is 20.0 Å². The second-order valence-electron chi connectivity index (χ2n) is 1.83. The Kier molecular flexibility index (Phi) is 4.02. The summed E-state index contributed by atoms with van der Waals surface area (Å²) in [7, 11) is 0. The zero-order valence-corrected chi connectivity index (χ0v) is 6.49. The molecule has 64 valence electrons. The van der Waals surface area contributed by atoms with Crippen molar-refractivity contribution < 1.29 is 19.1 Å². The van der Waals surface area contributed by atoms with Gasteiger partial charge in [-0.15, -0.1) is 0 Å². The average Bonchev–Trinajstić information content (AvgIpc) is 1.86. The van der Waals surface area contributed by atoms with Gasteiger partial charge in [-0.25, -0.2) is 9.59 Å².